The van der Waals surface area contributed by atoms with Crippen molar-refractivity contribution in [1.82, 2.24) is 4.98 Å². The molecule has 0 aromatic carbocycles. The van der Waals surface area contributed by atoms with E-state index in [4.69, 9.17) is 5.11 Å². The summed E-state index contributed by atoms with van der Waals surface area (Å²) < 4.78 is 0. The number of carboxylic acid groups (broad SMARTS) is 1. The summed E-state index contributed by atoms with van der Waals surface area (Å²) in [5, 5.41) is 19.7. The fourth-order valence-electron chi connectivity index (χ4n) is 2.05. The van der Waals surface area contributed by atoms with Crippen molar-refractivity contribution in [2.24, 2.45) is 0 Å². The van der Waals surface area contributed by atoms with Crippen LogP contribution >= 0.6 is 11.8 Å². The summed E-state index contributed by atoms with van der Waals surface area (Å²) in [4.78, 5) is 15.0. The standard InChI is InChI=1S/C12H15NO3S/c14-11(15)9-4-3-7-13-10(9)17-8-12(16)5-1-2-6-12/h3-4,7,16H,1-2,5-6,8H2,(H,14,15). The number of nitrogens with zero attached hydrogens (tertiary/aromatic N) is 1. The molecule has 0 aliphatic heterocycles. The zero-order valence-electron chi connectivity index (χ0n) is 9.43. The molecule has 0 unspecified atom stereocenters. The molecule has 1 heterocycles. The Balaban J connectivity index is 2.06. The average molecular weight is 253 g/mol. The molecule has 1 aliphatic rings. The van der Waals surface area contributed by atoms with Crippen molar-refractivity contribution in [2.45, 2.75) is 36.3 Å². The summed E-state index contributed by atoms with van der Waals surface area (Å²) in [6.45, 7) is 0. The van der Waals surface area contributed by atoms with E-state index in [1.165, 1.54) is 17.8 Å². The largest absolute Gasteiger partial charge is 0.478 e. The van der Waals surface area contributed by atoms with E-state index in [-0.39, 0.29) is 5.56 Å². The molecule has 0 bridgehead atoms. The Morgan fingerprint density at radius 2 is 2.18 bits per heavy atom. The maximum Gasteiger partial charge on any atom is 0.338 e. The average Bonchev–Trinajstić information content (AvgIpc) is 2.74. The van der Waals surface area contributed by atoms with Crippen LogP contribution in [0.2, 0.25) is 0 Å². The molecule has 0 atom stereocenters. The van der Waals surface area contributed by atoms with Crippen LogP contribution in [0.15, 0.2) is 23.4 Å². The molecule has 0 radical (unpaired) electrons. The van der Waals surface area contributed by atoms with Crippen molar-refractivity contribution in [3.63, 3.8) is 0 Å². The highest BCUT2D eigenvalue weighted by Crippen LogP contribution is 2.34. The smallest absolute Gasteiger partial charge is 0.338 e. The summed E-state index contributed by atoms with van der Waals surface area (Å²) in [5.74, 6) is -0.455. The molecule has 92 valence electrons. The van der Waals surface area contributed by atoms with Gasteiger partial charge in [0.1, 0.15) is 5.03 Å². The molecule has 1 aliphatic carbocycles. The van der Waals surface area contributed by atoms with Crippen molar-refractivity contribution in [1.29, 1.82) is 0 Å². The molecule has 1 saturated carbocycles. The molecule has 1 fully saturated rings. The van der Waals surface area contributed by atoms with Gasteiger partial charge in [0, 0.05) is 11.9 Å². The molecule has 2 N–H and O–H groups in total. The zero-order valence-corrected chi connectivity index (χ0v) is 10.2. The minimum absolute atomic E-state index is 0.207. The second-order valence-corrected chi connectivity index (χ2v) is 5.35. The van der Waals surface area contributed by atoms with Crippen LogP contribution in [0.3, 0.4) is 0 Å². The Morgan fingerprint density at radius 3 is 2.82 bits per heavy atom. The van der Waals surface area contributed by atoms with E-state index in [1.807, 2.05) is 0 Å². The predicted octanol–water partition coefficient (Wildman–Crippen LogP) is 2.18. The van der Waals surface area contributed by atoms with Gasteiger partial charge in [0.05, 0.1) is 11.2 Å². The topological polar surface area (TPSA) is 70.4 Å². The van der Waals surface area contributed by atoms with E-state index in [9.17, 15) is 9.90 Å². The number of carboxylic acids is 1. The number of rotatable bonds is 4. The third-order valence-electron chi connectivity index (χ3n) is 3.01. The van der Waals surface area contributed by atoms with Crippen LogP contribution < -0.4 is 0 Å². The number of carbonyl (C=O) groups is 1. The number of hydrogen-bond acceptors (Lipinski definition) is 4. The van der Waals surface area contributed by atoms with Gasteiger partial charge in [-0.15, -0.1) is 11.8 Å². The summed E-state index contributed by atoms with van der Waals surface area (Å²) in [7, 11) is 0. The van der Waals surface area contributed by atoms with E-state index in [2.05, 4.69) is 4.98 Å². The molecule has 0 spiro atoms. The monoisotopic (exact) mass is 253 g/mol. The van der Waals surface area contributed by atoms with E-state index in [0.717, 1.165) is 25.7 Å². The molecule has 4 nitrogen and oxygen atoms in total. The molecule has 5 heteroatoms. The van der Waals surface area contributed by atoms with Gasteiger partial charge >= 0.3 is 5.97 Å². The third-order valence-corrected chi connectivity index (χ3v) is 4.29. The van der Waals surface area contributed by atoms with Crippen LogP contribution in [0.4, 0.5) is 0 Å². The zero-order chi connectivity index (χ0) is 12.3. The Bertz CT molecular complexity index is 416. The first-order chi connectivity index (χ1) is 8.11. The van der Waals surface area contributed by atoms with Crippen molar-refractivity contribution in [3.05, 3.63) is 23.9 Å². The summed E-state index contributed by atoms with van der Waals surface area (Å²) in [5.41, 5.74) is -0.433. The molecule has 1 aromatic heterocycles. The molecule has 17 heavy (non-hydrogen) atoms. The van der Waals surface area contributed by atoms with Gasteiger partial charge in [-0.3, -0.25) is 0 Å². The predicted molar refractivity (Wildman–Crippen MR) is 65.3 cm³/mol. The van der Waals surface area contributed by atoms with Gasteiger partial charge in [0.25, 0.3) is 0 Å². The number of thioether (sulfide) groups is 1. The first-order valence-corrected chi connectivity index (χ1v) is 6.63. The van der Waals surface area contributed by atoms with Crippen LogP contribution in [0.1, 0.15) is 36.0 Å². The van der Waals surface area contributed by atoms with Gasteiger partial charge < -0.3 is 10.2 Å². The maximum absolute atomic E-state index is 11.0. The number of pyridine rings is 1. The van der Waals surface area contributed by atoms with Crippen LogP contribution in [0.25, 0.3) is 0 Å². The lowest BCUT2D eigenvalue weighted by atomic mass is 10.1. The highest BCUT2D eigenvalue weighted by Gasteiger charge is 2.31. The number of aliphatic hydroxyl groups is 1. The van der Waals surface area contributed by atoms with Crippen LogP contribution in [-0.4, -0.2) is 32.5 Å². The van der Waals surface area contributed by atoms with Gasteiger partial charge in [-0.1, -0.05) is 12.8 Å². The van der Waals surface area contributed by atoms with Crippen LogP contribution in [0.5, 0.6) is 0 Å². The highest BCUT2D eigenvalue weighted by atomic mass is 32.2. The van der Waals surface area contributed by atoms with Gasteiger partial charge in [-0.2, -0.15) is 0 Å². The van der Waals surface area contributed by atoms with E-state index in [1.54, 1.807) is 12.3 Å². The SMILES string of the molecule is O=C(O)c1cccnc1SCC1(O)CCCC1. The van der Waals surface area contributed by atoms with E-state index < -0.39 is 11.6 Å². The van der Waals surface area contributed by atoms with Gasteiger partial charge in [0.2, 0.25) is 0 Å². The highest BCUT2D eigenvalue weighted by molar-refractivity contribution is 7.99. The van der Waals surface area contributed by atoms with Crippen LogP contribution in [0, 0.1) is 0 Å². The van der Waals surface area contributed by atoms with Crippen molar-refractivity contribution >= 4 is 17.7 Å². The molecule has 1 aromatic rings. The van der Waals surface area contributed by atoms with E-state index >= 15 is 0 Å². The fraction of sp³-hybridized carbons (Fsp3) is 0.500. The van der Waals surface area contributed by atoms with Crippen LogP contribution in [-0.2, 0) is 0 Å². The van der Waals surface area contributed by atoms with Gasteiger partial charge in [0.15, 0.2) is 0 Å². The van der Waals surface area contributed by atoms with Gasteiger partial charge in [-0.05, 0) is 25.0 Å². The minimum Gasteiger partial charge on any atom is -0.478 e. The molecular formula is C12H15NO3S. The summed E-state index contributed by atoms with van der Waals surface area (Å²) >= 11 is 1.33. The first-order valence-electron chi connectivity index (χ1n) is 5.64. The molecule has 0 saturated heterocycles. The Labute approximate surface area is 104 Å². The quantitative estimate of drug-likeness (QED) is 0.805. The first kappa shape index (κ1) is 12.4. The number of hydrogen-bond donors (Lipinski definition) is 2. The van der Waals surface area contributed by atoms with Crippen molar-refractivity contribution < 1.29 is 15.0 Å². The van der Waals surface area contributed by atoms with Crippen molar-refractivity contribution in [2.75, 3.05) is 5.75 Å². The molecular weight excluding hydrogens is 238 g/mol. The Hall–Kier alpha value is -1.07. The van der Waals surface area contributed by atoms with E-state index in [0.29, 0.717) is 10.8 Å². The summed E-state index contributed by atoms with van der Waals surface area (Å²) in [6, 6.07) is 3.15. The summed E-state index contributed by atoms with van der Waals surface area (Å²) in [6.07, 6.45) is 5.27. The van der Waals surface area contributed by atoms with Gasteiger partial charge in [-0.25, -0.2) is 9.78 Å². The second-order valence-electron chi connectivity index (χ2n) is 4.38. The minimum atomic E-state index is -0.973. The lowest BCUT2D eigenvalue weighted by Crippen LogP contribution is -2.27. The lowest BCUT2D eigenvalue weighted by molar-refractivity contribution is 0.0687. The number of aromatic nitrogens is 1. The normalized spacial score (nSPS) is 18.2. The fourth-order valence-corrected chi connectivity index (χ4v) is 3.19. The lowest BCUT2D eigenvalue weighted by Gasteiger charge is -2.21. The molecule has 2 rings (SSSR count). The Morgan fingerprint density at radius 1 is 1.47 bits per heavy atom. The Kier molecular flexibility index (Phi) is 3.69. The maximum atomic E-state index is 11.0. The molecule has 0 amide bonds. The van der Waals surface area contributed by atoms with Crippen molar-refractivity contribution in [3.8, 4) is 0 Å². The second kappa shape index (κ2) is 5.06. The number of aromatic carboxylic acids is 1. The third kappa shape index (κ3) is 2.98.